The van der Waals surface area contributed by atoms with Crippen LogP contribution in [-0.4, -0.2) is 0 Å². The molecule has 0 aromatic heterocycles. The molecule has 3 rings (SSSR count). The predicted octanol–water partition coefficient (Wildman–Crippen LogP) is 3.53. The smallest absolute Gasteiger partial charge is 0.0234 e. The molecule has 0 aliphatic heterocycles. The van der Waals surface area contributed by atoms with Gasteiger partial charge in [0.25, 0.3) is 0 Å². The SMILES string of the molecule is C1=C\C2CCCC(C/1)CCC2. The van der Waals surface area contributed by atoms with Crippen LogP contribution in [-0.2, 0) is 0 Å². The van der Waals surface area contributed by atoms with Gasteiger partial charge in [-0.3, -0.25) is 0 Å². The molecule has 2 bridgehead atoms. The zero-order valence-corrected chi connectivity index (χ0v) is 7.26. The highest BCUT2D eigenvalue weighted by Crippen LogP contribution is 2.31. The third-order valence-corrected chi connectivity index (χ3v) is 3.25. The molecule has 0 aromatic rings. The van der Waals surface area contributed by atoms with Crippen LogP contribution in [0.2, 0.25) is 0 Å². The van der Waals surface area contributed by atoms with Crippen LogP contribution >= 0.6 is 0 Å². The van der Waals surface area contributed by atoms with Crippen LogP contribution in [0.5, 0.6) is 0 Å². The van der Waals surface area contributed by atoms with E-state index in [1.807, 2.05) is 0 Å². The van der Waals surface area contributed by atoms with Gasteiger partial charge in [-0.2, -0.15) is 0 Å². The molecular formula is C11H18. The van der Waals surface area contributed by atoms with Crippen LogP contribution in [0.15, 0.2) is 12.2 Å². The first-order valence-electron chi connectivity index (χ1n) is 5.12. The summed E-state index contributed by atoms with van der Waals surface area (Å²) >= 11 is 0. The molecule has 3 aliphatic carbocycles. The lowest BCUT2D eigenvalue weighted by Gasteiger charge is -2.25. The summed E-state index contributed by atoms with van der Waals surface area (Å²) in [5, 5.41) is 0. The standard InChI is InChI=1S/C11H18/c1-4-10-6-2-7-11(5-1)9-3-8-10/h1,4,10-11H,2-3,5-9H2/b4-1-. The van der Waals surface area contributed by atoms with Crippen LogP contribution in [0.25, 0.3) is 0 Å². The molecule has 0 atom stereocenters. The Hall–Kier alpha value is -0.260. The molecule has 62 valence electrons. The first-order valence-corrected chi connectivity index (χ1v) is 5.12. The number of hydrogen-bond donors (Lipinski definition) is 0. The summed E-state index contributed by atoms with van der Waals surface area (Å²) in [5.41, 5.74) is 0. The Morgan fingerprint density at radius 1 is 0.909 bits per heavy atom. The second-order valence-electron chi connectivity index (χ2n) is 4.15. The summed E-state index contributed by atoms with van der Waals surface area (Å²) in [6, 6.07) is 0. The first-order chi connectivity index (χ1) is 5.45. The van der Waals surface area contributed by atoms with Gasteiger partial charge >= 0.3 is 0 Å². The summed E-state index contributed by atoms with van der Waals surface area (Å²) in [4.78, 5) is 0. The molecule has 1 fully saturated rings. The average molecular weight is 150 g/mol. The fraction of sp³-hybridized carbons (Fsp3) is 0.818. The third-order valence-electron chi connectivity index (χ3n) is 3.25. The summed E-state index contributed by atoms with van der Waals surface area (Å²) < 4.78 is 0. The minimum absolute atomic E-state index is 0.941. The Morgan fingerprint density at radius 2 is 1.64 bits per heavy atom. The van der Waals surface area contributed by atoms with E-state index in [9.17, 15) is 0 Å². The van der Waals surface area contributed by atoms with Gasteiger partial charge in [-0.25, -0.2) is 0 Å². The fourth-order valence-electron chi connectivity index (χ4n) is 2.52. The zero-order chi connectivity index (χ0) is 7.52. The van der Waals surface area contributed by atoms with Crippen molar-refractivity contribution in [2.24, 2.45) is 11.8 Å². The van der Waals surface area contributed by atoms with Crippen molar-refractivity contribution < 1.29 is 0 Å². The predicted molar refractivity (Wildman–Crippen MR) is 48.4 cm³/mol. The molecule has 0 heteroatoms. The minimum atomic E-state index is 0.941. The number of fused-ring (bicyclic) bond motifs is 5. The number of allylic oxidation sites excluding steroid dienone is 2. The third kappa shape index (κ3) is 1.85. The van der Waals surface area contributed by atoms with E-state index in [2.05, 4.69) is 12.2 Å². The Kier molecular flexibility index (Phi) is 2.30. The van der Waals surface area contributed by atoms with E-state index in [1.165, 1.54) is 44.9 Å². The molecule has 0 radical (unpaired) electrons. The maximum atomic E-state index is 2.48. The Balaban J connectivity index is 2.07. The van der Waals surface area contributed by atoms with Gasteiger partial charge in [0.1, 0.15) is 0 Å². The minimum Gasteiger partial charge on any atom is -0.0880 e. The maximum Gasteiger partial charge on any atom is -0.0234 e. The molecule has 11 heavy (non-hydrogen) atoms. The second-order valence-corrected chi connectivity index (χ2v) is 4.15. The monoisotopic (exact) mass is 150 g/mol. The fourth-order valence-corrected chi connectivity index (χ4v) is 2.52. The van der Waals surface area contributed by atoms with Gasteiger partial charge < -0.3 is 0 Å². The molecule has 3 aliphatic rings. The second kappa shape index (κ2) is 3.42. The molecule has 0 N–H and O–H groups in total. The van der Waals surface area contributed by atoms with E-state index < -0.39 is 0 Å². The van der Waals surface area contributed by atoms with Crippen LogP contribution < -0.4 is 0 Å². The molecule has 0 nitrogen and oxygen atoms in total. The van der Waals surface area contributed by atoms with Crippen molar-refractivity contribution >= 4 is 0 Å². The van der Waals surface area contributed by atoms with Crippen molar-refractivity contribution in [1.29, 1.82) is 0 Å². The van der Waals surface area contributed by atoms with E-state index >= 15 is 0 Å². The van der Waals surface area contributed by atoms with E-state index in [4.69, 9.17) is 0 Å². The Morgan fingerprint density at radius 3 is 2.36 bits per heavy atom. The molecular weight excluding hydrogens is 132 g/mol. The van der Waals surface area contributed by atoms with Gasteiger partial charge in [0, 0.05) is 0 Å². The summed E-state index contributed by atoms with van der Waals surface area (Å²) in [6.45, 7) is 0. The van der Waals surface area contributed by atoms with Crippen molar-refractivity contribution in [3.05, 3.63) is 12.2 Å². The van der Waals surface area contributed by atoms with Crippen molar-refractivity contribution in [3.8, 4) is 0 Å². The van der Waals surface area contributed by atoms with Gasteiger partial charge in [0.15, 0.2) is 0 Å². The van der Waals surface area contributed by atoms with Gasteiger partial charge in [-0.1, -0.05) is 37.8 Å². The molecule has 0 heterocycles. The van der Waals surface area contributed by atoms with Gasteiger partial charge in [-0.05, 0) is 31.1 Å². The topological polar surface area (TPSA) is 0 Å². The van der Waals surface area contributed by atoms with Crippen LogP contribution in [0, 0.1) is 11.8 Å². The van der Waals surface area contributed by atoms with E-state index in [-0.39, 0.29) is 0 Å². The molecule has 0 aromatic carbocycles. The summed E-state index contributed by atoms with van der Waals surface area (Å²) in [6.07, 6.45) is 15.2. The molecule has 0 saturated heterocycles. The molecule has 0 amide bonds. The lowest BCUT2D eigenvalue weighted by molar-refractivity contribution is 0.336. The maximum absolute atomic E-state index is 2.48. The van der Waals surface area contributed by atoms with Gasteiger partial charge in [-0.15, -0.1) is 0 Å². The van der Waals surface area contributed by atoms with E-state index in [0.717, 1.165) is 11.8 Å². The van der Waals surface area contributed by atoms with E-state index in [1.54, 1.807) is 0 Å². The summed E-state index contributed by atoms with van der Waals surface area (Å²) in [7, 11) is 0. The Labute approximate surface area is 69.7 Å². The van der Waals surface area contributed by atoms with Crippen LogP contribution in [0.3, 0.4) is 0 Å². The average Bonchev–Trinajstić information content (AvgIpc) is 1.80. The van der Waals surface area contributed by atoms with Crippen LogP contribution in [0.1, 0.15) is 44.9 Å². The van der Waals surface area contributed by atoms with Gasteiger partial charge in [0.05, 0.1) is 0 Å². The van der Waals surface area contributed by atoms with Crippen LogP contribution in [0.4, 0.5) is 0 Å². The summed E-state index contributed by atoms with van der Waals surface area (Å²) in [5.74, 6) is 1.98. The zero-order valence-electron chi connectivity index (χ0n) is 7.26. The molecule has 0 spiro atoms. The molecule has 1 saturated carbocycles. The van der Waals surface area contributed by atoms with Crippen molar-refractivity contribution in [2.45, 2.75) is 44.9 Å². The lowest BCUT2D eigenvalue weighted by Crippen LogP contribution is -2.10. The largest absolute Gasteiger partial charge is 0.0880 e. The normalized spacial score (nSPS) is 40.7. The first kappa shape index (κ1) is 7.39. The van der Waals surface area contributed by atoms with Gasteiger partial charge in [0.2, 0.25) is 0 Å². The Bertz CT molecular complexity index is 136. The highest BCUT2D eigenvalue weighted by Gasteiger charge is 2.16. The quantitative estimate of drug-likeness (QED) is 0.463. The molecule has 0 unspecified atom stereocenters. The number of rotatable bonds is 0. The van der Waals surface area contributed by atoms with Crippen molar-refractivity contribution in [1.82, 2.24) is 0 Å². The lowest BCUT2D eigenvalue weighted by atomic mass is 9.81. The van der Waals surface area contributed by atoms with Crippen molar-refractivity contribution in [2.75, 3.05) is 0 Å². The highest BCUT2D eigenvalue weighted by atomic mass is 14.2. The number of hydrogen-bond acceptors (Lipinski definition) is 0. The highest BCUT2D eigenvalue weighted by molar-refractivity contribution is 4.93. The van der Waals surface area contributed by atoms with Crippen molar-refractivity contribution in [3.63, 3.8) is 0 Å². The van der Waals surface area contributed by atoms with E-state index in [0.29, 0.717) is 0 Å².